The Balaban J connectivity index is 1.44. The summed E-state index contributed by atoms with van der Waals surface area (Å²) in [6.07, 6.45) is -5.61. The summed E-state index contributed by atoms with van der Waals surface area (Å²) in [5.41, 5.74) is -1.95. The molecule has 15 heteroatoms. The highest BCUT2D eigenvalue weighted by atomic mass is 32.1. The maximum absolute atomic E-state index is 13.7. The molecular formula is C30H25F6N5O3S. The van der Waals surface area contributed by atoms with E-state index in [1.807, 2.05) is 18.2 Å². The highest BCUT2D eigenvalue weighted by molar-refractivity contribution is 7.14. The van der Waals surface area contributed by atoms with Crippen LogP contribution in [0, 0.1) is 0 Å². The SMILES string of the molecule is CC(=O)Nc1nc(/C=C/C(=O)N2CCN(C(=O)c3cc(C(F)(F)F)cc(C(F)(F)F)c3)C(Cc3c[nH]c4ccccc34)C2)cs1. The predicted molar refractivity (Wildman–Crippen MR) is 155 cm³/mol. The fraction of sp³-hybridized carbons (Fsp3) is 0.267. The van der Waals surface area contributed by atoms with Gasteiger partial charge in [-0.05, 0) is 42.3 Å². The molecule has 1 aliphatic heterocycles. The molecule has 0 bridgehead atoms. The molecule has 1 unspecified atom stereocenters. The van der Waals surface area contributed by atoms with Gasteiger partial charge in [-0.1, -0.05) is 18.2 Å². The van der Waals surface area contributed by atoms with Gasteiger partial charge in [-0.25, -0.2) is 4.98 Å². The number of thiazole rings is 1. The average molecular weight is 650 g/mol. The molecule has 0 aliphatic carbocycles. The number of aromatic amines is 1. The lowest BCUT2D eigenvalue weighted by atomic mass is 9.98. The molecule has 1 atom stereocenters. The molecule has 5 rings (SSSR count). The summed E-state index contributed by atoms with van der Waals surface area (Å²) < 4.78 is 81.3. The van der Waals surface area contributed by atoms with E-state index >= 15 is 0 Å². The molecular weight excluding hydrogens is 624 g/mol. The molecule has 1 fully saturated rings. The molecule has 2 aromatic heterocycles. The van der Waals surface area contributed by atoms with Crippen molar-refractivity contribution in [3.8, 4) is 0 Å². The maximum atomic E-state index is 13.7. The third kappa shape index (κ3) is 7.36. The third-order valence-corrected chi connectivity index (χ3v) is 8.00. The van der Waals surface area contributed by atoms with Gasteiger partial charge in [0.1, 0.15) is 0 Å². The fourth-order valence-electron chi connectivity index (χ4n) is 5.13. The first-order valence-electron chi connectivity index (χ1n) is 13.5. The lowest BCUT2D eigenvalue weighted by Crippen LogP contribution is -2.57. The van der Waals surface area contributed by atoms with Crippen LogP contribution in [0.25, 0.3) is 17.0 Å². The van der Waals surface area contributed by atoms with Crippen LogP contribution >= 0.6 is 11.3 Å². The first-order chi connectivity index (χ1) is 21.2. The first kappa shape index (κ1) is 31.8. The van der Waals surface area contributed by atoms with Gasteiger partial charge in [0.05, 0.1) is 22.9 Å². The maximum Gasteiger partial charge on any atom is 0.416 e. The Hall–Kier alpha value is -4.66. The topological polar surface area (TPSA) is 98.4 Å². The zero-order valence-corrected chi connectivity index (χ0v) is 24.3. The molecule has 8 nitrogen and oxygen atoms in total. The number of para-hydroxylation sites is 1. The van der Waals surface area contributed by atoms with E-state index in [0.717, 1.165) is 16.5 Å². The highest BCUT2D eigenvalue weighted by Crippen LogP contribution is 2.37. The summed E-state index contributed by atoms with van der Waals surface area (Å²) in [5.74, 6) is -1.74. The Morgan fingerprint density at radius 3 is 2.40 bits per heavy atom. The number of nitrogens with zero attached hydrogens (tertiary/aromatic N) is 3. The van der Waals surface area contributed by atoms with Crippen molar-refractivity contribution in [1.82, 2.24) is 19.8 Å². The van der Waals surface area contributed by atoms with E-state index in [-0.39, 0.29) is 38.0 Å². The van der Waals surface area contributed by atoms with E-state index in [4.69, 9.17) is 0 Å². The number of benzene rings is 2. The van der Waals surface area contributed by atoms with Gasteiger partial charge >= 0.3 is 12.4 Å². The fourth-order valence-corrected chi connectivity index (χ4v) is 5.85. The third-order valence-electron chi connectivity index (χ3n) is 7.22. The molecule has 3 amide bonds. The number of piperazine rings is 1. The second-order valence-corrected chi connectivity index (χ2v) is 11.2. The van der Waals surface area contributed by atoms with Crippen LogP contribution in [0.4, 0.5) is 31.5 Å². The van der Waals surface area contributed by atoms with Crippen molar-refractivity contribution in [2.24, 2.45) is 0 Å². The Labute approximate surface area is 256 Å². The van der Waals surface area contributed by atoms with Gasteiger partial charge < -0.3 is 20.1 Å². The van der Waals surface area contributed by atoms with Crippen LogP contribution < -0.4 is 5.32 Å². The van der Waals surface area contributed by atoms with Crippen molar-refractivity contribution >= 4 is 51.2 Å². The molecule has 1 saturated heterocycles. The lowest BCUT2D eigenvalue weighted by Gasteiger charge is -2.41. The number of hydrogen-bond acceptors (Lipinski definition) is 5. The van der Waals surface area contributed by atoms with Gasteiger partial charge in [0.15, 0.2) is 5.13 Å². The van der Waals surface area contributed by atoms with Crippen molar-refractivity contribution < 1.29 is 40.7 Å². The molecule has 2 aromatic carbocycles. The first-order valence-corrected chi connectivity index (χ1v) is 14.4. The van der Waals surface area contributed by atoms with Crippen LogP contribution in [0.15, 0.2) is 60.1 Å². The van der Waals surface area contributed by atoms with Gasteiger partial charge in [0.2, 0.25) is 11.8 Å². The summed E-state index contributed by atoms with van der Waals surface area (Å²) >= 11 is 1.17. The Morgan fingerprint density at radius 2 is 1.73 bits per heavy atom. The molecule has 45 heavy (non-hydrogen) atoms. The summed E-state index contributed by atoms with van der Waals surface area (Å²) in [6, 6.07) is 7.34. The second-order valence-electron chi connectivity index (χ2n) is 10.4. The number of anilines is 1. The summed E-state index contributed by atoms with van der Waals surface area (Å²) in [7, 11) is 0. The molecule has 1 aliphatic rings. The van der Waals surface area contributed by atoms with Gasteiger partial charge in [-0.2, -0.15) is 26.3 Å². The van der Waals surface area contributed by atoms with E-state index in [1.165, 1.54) is 40.2 Å². The van der Waals surface area contributed by atoms with Crippen LogP contribution in [0.3, 0.4) is 0 Å². The van der Waals surface area contributed by atoms with Gasteiger partial charge in [-0.3, -0.25) is 14.4 Å². The Kier molecular flexibility index (Phi) is 8.74. The van der Waals surface area contributed by atoms with E-state index in [2.05, 4.69) is 15.3 Å². The number of carbonyl (C=O) groups is 3. The molecule has 0 saturated carbocycles. The number of hydrogen-bond donors (Lipinski definition) is 2. The highest BCUT2D eigenvalue weighted by Gasteiger charge is 2.39. The smallest absolute Gasteiger partial charge is 0.361 e. The zero-order chi connectivity index (χ0) is 32.5. The van der Waals surface area contributed by atoms with Crippen molar-refractivity contribution in [3.05, 3.63) is 88.1 Å². The van der Waals surface area contributed by atoms with Gasteiger partial charge in [-0.15, -0.1) is 11.3 Å². The average Bonchev–Trinajstić information content (AvgIpc) is 3.60. The van der Waals surface area contributed by atoms with Crippen molar-refractivity contribution in [3.63, 3.8) is 0 Å². The van der Waals surface area contributed by atoms with Gasteiger partial charge in [0.25, 0.3) is 5.91 Å². The van der Waals surface area contributed by atoms with E-state index in [9.17, 15) is 40.7 Å². The van der Waals surface area contributed by atoms with Crippen LogP contribution in [0.5, 0.6) is 0 Å². The molecule has 0 radical (unpaired) electrons. The summed E-state index contributed by atoms with van der Waals surface area (Å²) in [6.45, 7) is 1.15. The number of nitrogens with one attached hydrogen (secondary N) is 2. The standard InChI is InChI=1S/C30H25F6N5O3S/c1-17(42)38-28-39-22(16-45-28)6-7-26(43)40-8-9-41(23(15-40)12-19-14-37-25-5-3-2-4-24(19)25)27(44)18-10-20(29(31,32)33)13-21(11-18)30(34,35)36/h2-7,10-11,13-14,16,23,37H,8-9,12,15H2,1H3,(H,38,39,42)/b7-6+. The molecule has 4 aromatic rings. The normalized spacial score (nSPS) is 16.0. The molecule has 3 heterocycles. The van der Waals surface area contributed by atoms with Crippen molar-refractivity contribution in [1.29, 1.82) is 0 Å². The van der Waals surface area contributed by atoms with E-state index in [1.54, 1.807) is 17.6 Å². The van der Waals surface area contributed by atoms with E-state index in [0.29, 0.717) is 23.0 Å². The number of alkyl halides is 6. The minimum Gasteiger partial charge on any atom is -0.361 e. The number of carbonyl (C=O) groups excluding carboxylic acids is 3. The minimum atomic E-state index is -5.11. The molecule has 0 spiro atoms. The number of halogens is 6. The Bertz CT molecular complexity index is 1750. The van der Waals surface area contributed by atoms with E-state index < -0.39 is 46.9 Å². The summed E-state index contributed by atoms with van der Waals surface area (Å²) in [5, 5.41) is 5.35. The Morgan fingerprint density at radius 1 is 1.04 bits per heavy atom. The number of amides is 3. The number of aromatic nitrogens is 2. The van der Waals surface area contributed by atoms with Crippen LogP contribution in [0.1, 0.15) is 39.7 Å². The number of H-pyrrole nitrogens is 1. The predicted octanol–water partition coefficient (Wildman–Crippen LogP) is 6.23. The molecule has 236 valence electrons. The van der Waals surface area contributed by atoms with Crippen LogP contribution in [0.2, 0.25) is 0 Å². The minimum absolute atomic E-state index is 0.0153. The zero-order valence-electron chi connectivity index (χ0n) is 23.5. The second kappa shape index (κ2) is 12.4. The molecule has 2 N–H and O–H groups in total. The number of rotatable bonds is 6. The van der Waals surface area contributed by atoms with Crippen molar-refractivity contribution in [2.75, 3.05) is 25.0 Å². The van der Waals surface area contributed by atoms with Crippen LogP contribution in [-0.2, 0) is 28.4 Å². The number of fused-ring (bicyclic) bond motifs is 1. The lowest BCUT2D eigenvalue weighted by molar-refractivity contribution is -0.143. The largest absolute Gasteiger partial charge is 0.416 e. The monoisotopic (exact) mass is 649 g/mol. The van der Waals surface area contributed by atoms with Crippen LogP contribution in [-0.4, -0.2) is 63.2 Å². The summed E-state index contributed by atoms with van der Waals surface area (Å²) in [4.78, 5) is 48.0. The van der Waals surface area contributed by atoms with Gasteiger partial charge in [0, 0.05) is 60.7 Å². The van der Waals surface area contributed by atoms with Crippen molar-refractivity contribution in [2.45, 2.75) is 31.7 Å². The quantitative estimate of drug-likeness (QED) is 0.191.